The van der Waals surface area contributed by atoms with Crippen LogP contribution in [0.1, 0.15) is 44.6 Å². The predicted molar refractivity (Wildman–Crippen MR) is 97.2 cm³/mol. The van der Waals surface area contributed by atoms with Gasteiger partial charge < -0.3 is 5.11 Å². The van der Waals surface area contributed by atoms with Gasteiger partial charge in [-0.2, -0.15) is 4.31 Å². The van der Waals surface area contributed by atoms with Crippen LogP contribution in [0.2, 0.25) is 0 Å². The zero-order valence-corrected chi connectivity index (χ0v) is 16.0. The molecule has 1 unspecified atom stereocenters. The molecule has 0 radical (unpaired) electrons. The Bertz CT molecular complexity index is 686. The van der Waals surface area contributed by atoms with E-state index in [1.807, 2.05) is 12.1 Å². The summed E-state index contributed by atoms with van der Waals surface area (Å²) in [4.78, 5) is 13.0. The largest absolute Gasteiger partial charge is 0.480 e. The molecule has 1 fully saturated rings. The maximum Gasteiger partial charge on any atom is 0.317 e. The van der Waals surface area contributed by atoms with Crippen molar-refractivity contribution < 1.29 is 18.3 Å². The van der Waals surface area contributed by atoms with Gasteiger partial charge >= 0.3 is 5.97 Å². The molecule has 1 N–H and O–H groups in total. The van der Waals surface area contributed by atoms with Gasteiger partial charge in [-0.15, -0.1) is 0 Å². The van der Waals surface area contributed by atoms with Crippen molar-refractivity contribution in [3.8, 4) is 0 Å². The number of benzene rings is 1. The number of hydrogen-bond donors (Lipinski definition) is 1. The lowest BCUT2D eigenvalue weighted by Crippen LogP contribution is -2.37. The minimum Gasteiger partial charge on any atom is -0.480 e. The predicted octanol–water partition coefficient (Wildman–Crippen LogP) is 2.37. The lowest BCUT2D eigenvalue weighted by Gasteiger charge is -2.25. The van der Waals surface area contributed by atoms with E-state index in [1.165, 1.54) is 4.31 Å². The lowest BCUT2D eigenvalue weighted by atomic mass is 10.0. The highest BCUT2D eigenvalue weighted by molar-refractivity contribution is 7.89. The number of nitrogens with zero attached hydrogens (tertiary/aromatic N) is 2. The maximum atomic E-state index is 12.9. The number of aliphatic carboxylic acids is 1. The first kappa shape index (κ1) is 19.9. The first-order valence-corrected chi connectivity index (χ1v) is 10.2. The van der Waals surface area contributed by atoms with Gasteiger partial charge in [0.1, 0.15) is 0 Å². The van der Waals surface area contributed by atoms with Crippen molar-refractivity contribution in [1.82, 2.24) is 9.21 Å². The van der Waals surface area contributed by atoms with Crippen LogP contribution in [0.5, 0.6) is 0 Å². The molecule has 0 aliphatic carbocycles. The first-order chi connectivity index (χ1) is 11.7. The van der Waals surface area contributed by atoms with Gasteiger partial charge in [-0.3, -0.25) is 9.69 Å². The number of sulfonamides is 1. The van der Waals surface area contributed by atoms with E-state index in [0.29, 0.717) is 30.3 Å². The summed E-state index contributed by atoms with van der Waals surface area (Å²) >= 11 is 0. The number of carboxylic acid groups (broad SMARTS) is 1. The van der Waals surface area contributed by atoms with E-state index in [2.05, 4.69) is 13.8 Å². The summed E-state index contributed by atoms with van der Waals surface area (Å²) in [6.07, 6.45) is 2.19. The Morgan fingerprint density at radius 1 is 1.24 bits per heavy atom. The third kappa shape index (κ3) is 5.03. The van der Waals surface area contributed by atoms with Gasteiger partial charge in [-0.05, 0) is 49.9 Å². The first-order valence-electron chi connectivity index (χ1n) is 8.74. The highest BCUT2D eigenvalue weighted by Gasteiger charge is 2.29. The van der Waals surface area contributed by atoms with Crippen LogP contribution in [0.4, 0.5) is 0 Å². The van der Waals surface area contributed by atoms with Crippen LogP contribution in [0.25, 0.3) is 0 Å². The molecule has 1 heterocycles. The molecule has 0 amide bonds. The van der Waals surface area contributed by atoms with Gasteiger partial charge in [0.25, 0.3) is 0 Å². The topological polar surface area (TPSA) is 77.9 Å². The summed E-state index contributed by atoms with van der Waals surface area (Å²) in [5.41, 5.74) is 1.12. The quantitative estimate of drug-likeness (QED) is 0.834. The molecule has 0 saturated carbocycles. The molecule has 2 rings (SSSR count). The fraction of sp³-hybridized carbons (Fsp3) is 0.611. The Labute approximate surface area is 150 Å². The van der Waals surface area contributed by atoms with Gasteiger partial charge in [0.15, 0.2) is 0 Å². The second-order valence-corrected chi connectivity index (χ2v) is 8.96. The molecule has 1 aromatic rings. The maximum absolute atomic E-state index is 12.9. The number of carbonyl (C=O) groups is 1. The highest BCUT2D eigenvalue weighted by atomic mass is 32.2. The van der Waals surface area contributed by atoms with Crippen LogP contribution in [-0.2, 0) is 14.8 Å². The van der Waals surface area contributed by atoms with Gasteiger partial charge in [0, 0.05) is 19.1 Å². The van der Waals surface area contributed by atoms with E-state index in [1.54, 1.807) is 24.1 Å². The van der Waals surface area contributed by atoms with Gasteiger partial charge in [-0.25, -0.2) is 8.42 Å². The highest BCUT2D eigenvalue weighted by Crippen LogP contribution is 2.24. The SMILES string of the molecule is CC(C)c1ccc(S(=O)(=O)N2CCCC(N(C)CC(=O)O)CC2)cc1. The zero-order chi connectivity index (χ0) is 18.6. The monoisotopic (exact) mass is 368 g/mol. The zero-order valence-electron chi connectivity index (χ0n) is 15.2. The summed E-state index contributed by atoms with van der Waals surface area (Å²) in [6, 6.07) is 7.21. The Morgan fingerprint density at radius 2 is 1.88 bits per heavy atom. The fourth-order valence-electron chi connectivity index (χ4n) is 3.25. The van der Waals surface area contributed by atoms with Crippen LogP contribution in [0.15, 0.2) is 29.2 Å². The van der Waals surface area contributed by atoms with E-state index in [9.17, 15) is 13.2 Å². The summed E-state index contributed by atoms with van der Waals surface area (Å²) in [5.74, 6) is -0.498. The van der Waals surface area contributed by atoms with Gasteiger partial charge in [0.2, 0.25) is 10.0 Å². The number of rotatable bonds is 6. The average molecular weight is 368 g/mol. The van der Waals surface area contributed by atoms with Crippen molar-refractivity contribution in [3.63, 3.8) is 0 Å². The van der Waals surface area contributed by atoms with Crippen molar-refractivity contribution >= 4 is 16.0 Å². The summed E-state index contributed by atoms with van der Waals surface area (Å²) < 4.78 is 27.3. The summed E-state index contributed by atoms with van der Waals surface area (Å²) in [7, 11) is -1.72. The molecular formula is C18H28N2O4S. The lowest BCUT2D eigenvalue weighted by molar-refractivity contribution is -0.138. The number of carboxylic acids is 1. The van der Waals surface area contributed by atoms with Crippen LogP contribution in [-0.4, -0.2) is 61.4 Å². The fourth-order valence-corrected chi connectivity index (χ4v) is 4.74. The molecule has 6 nitrogen and oxygen atoms in total. The smallest absolute Gasteiger partial charge is 0.317 e. The van der Waals surface area contributed by atoms with Crippen LogP contribution in [0, 0.1) is 0 Å². The van der Waals surface area contributed by atoms with E-state index < -0.39 is 16.0 Å². The molecule has 140 valence electrons. The Morgan fingerprint density at radius 3 is 2.44 bits per heavy atom. The standard InChI is InChI=1S/C18H28N2O4S/c1-14(2)15-6-8-17(9-7-15)25(23,24)20-11-4-5-16(10-12-20)19(3)13-18(21)22/h6-9,14,16H,4-5,10-13H2,1-3H3,(H,21,22). The molecule has 1 saturated heterocycles. The van der Waals surface area contributed by atoms with Crippen molar-refractivity contribution in [1.29, 1.82) is 0 Å². The van der Waals surface area contributed by atoms with Gasteiger partial charge in [0.05, 0.1) is 11.4 Å². The van der Waals surface area contributed by atoms with Crippen molar-refractivity contribution in [2.45, 2.75) is 50.0 Å². The minimum atomic E-state index is -3.50. The van der Waals surface area contributed by atoms with E-state index in [-0.39, 0.29) is 12.6 Å². The molecule has 25 heavy (non-hydrogen) atoms. The average Bonchev–Trinajstić information content (AvgIpc) is 2.81. The molecular weight excluding hydrogens is 340 g/mol. The van der Waals surface area contributed by atoms with Crippen LogP contribution in [0.3, 0.4) is 0 Å². The van der Waals surface area contributed by atoms with Crippen molar-refractivity contribution in [2.24, 2.45) is 0 Å². The molecule has 1 aliphatic heterocycles. The normalized spacial score (nSPS) is 20.0. The summed E-state index contributed by atoms with van der Waals surface area (Å²) in [6.45, 7) is 5.03. The van der Waals surface area contributed by atoms with Crippen LogP contribution < -0.4 is 0 Å². The minimum absolute atomic E-state index is 0.0198. The molecule has 1 atom stereocenters. The van der Waals surface area contributed by atoms with E-state index in [4.69, 9.17) is 5.11 Å². The molecule has 7 heteroatoms. The van der Waals surface area contributed by atoms with Crippen molar-refractivity contribution in [2.75, 3.05) is 26.7 Å². The molecule has 1 aliphatic rings. The summed E-state index contributed by atoms with van der Waals surface area (Å²) in [5, 5.41) is 8.93. The Balaban J connectivity index is 2.08. The van der Waals surface area contributed by atoms with Gasteiger partial charge in [-0.1, -0.05) is 26.0 Å². The molecule has 1 aromatic carbocycles. The molecule has 0 spiro atoms. The second-order valence-electron chi connectivity index (χ2n) is 7.02. The van der Waals surface area contributed by atoms with Crippen LogP contribution >= 0.6 is 0 Å². The Kier molecular flexibility index (Phi) is 6.59. The number of hydrogen-bond acceptors (Lipinski definition) is 4. The van der Waals surface area contributed by atoms with E-state index in [0.717, 1.165) is 18.4 Å². The molecule has 0 bridgehead atoms. The number of likely N-dealkylation sites (N-methyl/N-ethyl adjacent to an activating group) is 1. The van der Waals surface area contributed by atoms with E-state index >= 15 is 0 Å². The second kappa shape index (κ2) is 8.29. The third-order valence-corrected chi connectivity index (χ3v) is 6.76. The van der Waals surface area contributed by atoms with Crippen molar-refractivity contribution in [3.05, 3.63) is 29.8 Å². The third-order valence-electron chi connectivity index (χ3n) is 4.85. The Hall–Kier alpha value is -1.44. The molecule has 0 aromatic heterocycles.